The molecule has 1 aliphatic heterocycles. The third kappa shape index (κ3) is 6.28. The summed E-state index contributed by atoms with van der Waals surface area (Å²) in [5.41, 5.74) is 0.796. The molecule has 3 amide bonds. The molecule has 0 aromatic heterocycles. The number of methoxy groups -OCH3 is 2. The third-order valence-electron chi connectivity index (χ3n) is 6.40. The SMILES string of the molecule is COc1cc(NC(=O)NCCO[C@H]2CCCC[C@@H]2C)c(C(=O)N2CCCCC2)cc1OC. The van der Waals surface area contributed by atoms with Crippen LogP contribution in [0.1, 0.15) is 62.2 Å². The predicted molar refractivity (Wildman–Crippen MR) is 124 cm³/mol. The zero-order chi connectivity index (χ0) is 22.9. The maximum absolute atomic E-state index is 13.2. The number of nitrogens with one attached hydrogen (secondary N) is 2. The summed E-state index contributed by atoms with van der Waals surface area (Å²) in [6, 6.07) is 2.89. The average Bonchev–Trinajstić information content (AvgIpc) is 2.82. The molecule has 178 valence electrons. The van der Waals surface area contributed by atoms with Gasteiger partial charge in [-0.1, -0.05) is 19.8 Å². The van der Waals surface area contributed by atoms with Crippen LogP contribution in [0, 0.1) is 5.92 Å². The van der Waals surface area contributed by atoms with Gasteiger partial charge in [0.25, 0.3) is 5.91 Å². The van der Waals surface area contributed by atoms with Crippen molar-refractivity contribution in [1.82, 2.24) is 10.2 Å². The number of benzene rings is 1. The first-order chi connectivity index (χ1) is 15.5. The summed E-state index contributed by atoms with van der Waals surface area (Å²) in [6.07, 6.45) is 8.14. The lowest BCUT2D eigenvalue weighted by atomic mass is 9.88. The Morgan fingerprint density at radius 1 is 1.00 bits per heavy atom. The van der Waals surface area contributed by atoms with Gasteiger partial charge >= 0.3 is 6.03 Å². The molecular weight excluding hydrogens is 410 g/mol. The van der Waals surface area contributed by atoms with E-state index in [0.717, 1.165) is 38.8 Å². The van der Waals surface area contributed by atoms with Crippen LogP contribution in [0.3, 0.4) is 0 Å². The summed E-state index contributed by atoms with van der Waals surface area (Å²) < 4.78 is 16.7. The molecule has 8 heteroatoms. The molecule has 32 heavy (non-hydrogen) atoms. The van der Waals surface area contributed by atoms with Crippen molar-refractivity contribution in [2.45, 2.75) is 58.0 Å². The summed E-state index contributed by atoms with van der Waals surface area (Å²) in [4.78, 5) is 27.6. The third-order valence-corrected chi connectivity index (χ3v) is 6.40. The molecule has 1 saturated heterocycles. The minimum absolute atomic E-state index is 0.115. The highest BCUT2D eigenvalue weighted by Gasteiger charge is 2.24. The molecule has 1 aromatic rings. The molecule has 0 bridgehead atoms. The topological polar surface area (TPSA) is 89.1 Å². The molecule has 2 atom stereocenters. The highest BCUT2D eigenvalue weighted by atomic mass is 16.5. The fraction of sp³-hybridized carbons (Fsp3) is 0.667. The normalized spacial score (nSPS) is 21.0. The van der Waals surface area contributed by atoms with Gasteiger partial charge in [0.05, 0.1) is 38.2 Å². The lowest BCUT2D eigenvalue weighted by Crippen LogP contribution is -2.37. The Morgan fingerprint density at radius 2 is 1.69 bits per heavy atom. The predicted octanol–water partition coefficient (Wildman–Crippen LogP) is 4.05. The molecule has 3 rings (SSSR count). The van der Waals surface area contributed by atoms with Crippen LogP contribution in [-0.2, 0) is 4.74 Å². The zero-order valence-corrected chi connectivity index (χ0v) is 19.6. The van der Waals surface area contributed by atoms with E-state index in [0.29, 0.717) is 41.8 Å². The minimum atomic E-state index is -0.384. The van der Waals surface area contributed by atoms with Gasteiger partial charge < -0.3 is 29.7 Å². The Labute approximate surface area is 191 Å². The second kappa shape index (κ2) is 11.9. The lowest BCUT2D eigenvalue weighted by molar-refractivity contribution is -0.00232. The van der Waals surface area contributed by atoms with Gasteiger partial charge in [0.2, 0.25) is 0 Å². The van der Waals surface area contributed by atoms with Gasteiger partial charge in [-0.05, 0) is 44.1 Å². The number of nitrogens with zero attached hydrogens (tertiary/aromatic N) is 1. The van der Waals surface area contributed by atoms with E-state index in [1.54, 1.807) is 12.1 Å². The summed E-state index contributed by atoms with van der Waals surface area (Å²) in [5, 5.41) is 5.64. The Hall–Kier alpha value is -2.48. The molecule has 0 spiro atoms. The number of piperidine rings is 1. The number of anilines is 1. The molecule has 2 N–H and O–H groups in total. The summed E-state index contributed by atoms with van der Waals surface area (Å²) in [7, 11) is 3.05. The summed E-state index contributed by atoms with van der Waals surface area (Å²) in [5.74, 6) is 1.35. The van der Waals surface area contributed by atoms with Gasteiger partial charge in [-0.25, -0.2) is 4.79 Å². The first kappa shape index (κ1) is 24.2. The van der Waals surface area contributed by atoms with Crippen molar-refractivity contribution in [2.75, 3.05) is 45.8 Å². The van der Waals surface area contributed by atoms with Gasteiger partial charge in [-0.2, -0.15) is 0 Å². The average molecular weight is 448 g/mol. The molecule has 0 unspecified atom stereocenters. The number of likely N-dealkylation sites (tertiary alicyclic amines) is 1. The zero-order valence-electron chi connectivity index (χ0n) is 19.6. The highest BCUT2D eigenvalue weighted by molar-refractivity contribution is 6.04. The standard InChI is InChI=1S/C24H37N3O5/c1-17-9-5-6-10-20(17)32-14-11-25-24(29)26-19-16-22(31-3)21(30-2)15-18(19)23(28)27-12-7-4-8-13-27/h15-17,20H,4-14H2,1-3H3,(H2,25,26,29)/t17-,20-/m0/s1. The second-order valence-electron chi connectivity index (χ2n) is 8.66. The molecule has 0 radical (unpaired) electrons. The van der Waals surface area contributed by atoms with E-state index in [9.17, 15) is 9.59 Å². The fourth-order valence-corrected chi connectivity index (χ4v) is 4.50. The molecule has 1 heterocycles. The Kier molecular flexibility index (Phi) is 9.02. The molecule has 1 aromatic carbocycles. The highest BCUT2D eigenvalue weighted by Crippen LogP contribution is 2.34. The minimum Gasteiger partial charge on any atom is -0.493 e. The van der Waals surface area contributed by atoms with E-state index in [4.69, 9.17) is 14.2 Å². The smallest absolute Gasteiger partial charge is 0.319 e. The van der Waals surface area contributed by atoms with Crippen LogP contribution in [0.5, 0.6) is 11.5 Å². The van der Waals surface area contributed by atoms with E-state index in [-0.39, 0.29) is 18.0 Å². The van der Waals surface area contributed by atoms with Crippen molar-refractivity contribution < 1.29 is 23.8 Å². The van der Waals surface area contributed by atoms with E-state index < -0.39 is 0 Å². The number of carbonyl (C=O) groups excluding carboxylic acids is 2. The van der Waals surface area contributed by atoms with Crippen LogP contribution in [0.15, 0.2) is 12.1 Å². The van der Waals surface area contributed by atoms with E-state index >= 15 is 0 Å². The molecule has 1 saturated carbocycles. The number of ether oxygens (including phenoxy) is 3. The van der Waals surface area contributed by atoms with Crippen molar-refractivity contribution in [3.05, 3.63) is 17.7 Å². The van der Waals surface area contributed by atoms with E-state index in [2.05, 4.69) is 17.6 Å². The van der Waals surface area contributed by atoms with Gasteiger partial charge in [0, 0.05) is 25.7 Å². The first-order valence-electron chi connectivity index (χ1n) is 11.7. The Balaban J connectivity index is 1.62. The van der Waals surface area contributed by atoms with Crippen molar-refractivity contribution >= 4 is 17.6 Å². The maximum Gasteiger partial charge on any atom is 0.319 e. The van der Waals surface area contributed by atoms with Gasteiger partial charge in [0.1, 0.15) is 0 Å². The number of urea groups is 1. The Bertz CT molecular complexity index is 779. The fourth-order valence-electron chi connectivity index (χ4n) is 4.50. The summed E-state index contributed by atoms with van der Waals surface area (Å²) in [6.45, 7) is 4.53. The quantitative estimate of drug-likeness (QED) is 0.587. The second-order valence-corrected chi connectivity index (χ2v) is 8.66. The van der Waals surface area contributed by atoms with Gasteiger partial charge in [-0.3, -0.25) is 4.79 Å². The monoisotopic (exact) mass is 447 g/mol. The van der Waals surface area contributed by atoms with Crippen LogP contribution in [0.2, 0.25) is 0 Å². The molecule has 2 fully saturated rings. The number of amides is 3. The molecule has 2 aliphatic rings. The number of rotatable bonds is 8. The molecule has 8 nitrogen and oxygen atoms in total. The van der Waals surface area contributed by atoms with Crippen LogP contribution in [0.25, 0.3) is 0 Å². The van der Waals surface area contributed by atoms with Crippen LogP contribution in [0.4, 0.5) is 10.5 Å². The van der Waals surface area contributed by atoms with E-state index in [1.807, 2.05) is 4.90 Å². The number of carbonyl (C=O) groups is 2. The van der Waals surface area contributed by atoms with Crippen LogP contribution in [-0.4, -0.2) is 63.4 Å². The van der Waals surface area contributed by atoms with Crippen molar-refractivity contribution in [3.8, 4) is 11.5 Å². The number of hydrogen-bond donors (Lipinski definition) is 2. The lowest BCUT2D eigenvalue weighted by Gasteiger charge is -2.28. The van der Waals surface area contributed by atoms with Gasteiger partial charge in [-0.15, -0.1) is 0 Å². The van der Waals surface area contributed by atoms with Crippen molar-refractivity contribution in [3.63, 3.8) is 0 Å². The summed E-state index contributed by atoms with van der Waals surface area (Å²) >= 11 is 0. The van der Waals surface area contributed by atoms with Crippen molar-refractivity contribution in [1.29, 1.82) is 0 Å². The first-order valence-corrected chi connectivity index (χ1v) is 11.7. The van der Waals surface area contributed by atoms with Crippen LogP contribution >= 0.6 is 0 Å². The van der Waals surface area contributed by atoms with Crippen molar-refractivity contribution in [2.24, 2.45) is 5.92 Å². The molecule has 1 aliphatic carbocycles. The maximum atomic E-state index is 13.2. The number of hydrogen-bond acceptors (Lipinski definition) is 5. The van der Waals surface area contributed by atoms with E-state index in [1.165, 1.54) is 33.5 Å². The van der Waals surface area contributed by atoms with Gasteiger partial charge in [0.15, 0.2) is 11.5 Å². The Morgan fingerprint density at radius 3 is 2.38 bits per heavy atom. The largest absolute Gasteiger partial charge is 0.493 e. The molecular formula is C24H37N3O5. The van der Waals surface area contributed by atoms with Crippen LogP contribution < -0.4 is 20.1 Å².